The molecule has 2 aliphatic heterocycles. The molecule has 5 rings (SSSR count). The summed E-state index contributed by atoms with van der Waals surface area (Å²) in [5, 5.41) is 13.2. The number of fused-ring (bicyclic) bond motifs is 1. The normalized spacial score (nSPS) is 22.2. The molecular formula is C22H30N5O+. The van der Waals surface area contributed by atoms with E-state index in [1.165, 1.54) is 75.6 Å². The fourth-order valence-electron chi connectivity index (χ4n) is 5.18. The molecule has 1 saturated heterocycles. The summed E-state index contributed by atoms with van der Waals surface area (Å²) < 4.78 is 8.29. The van der Waals surface area contributed by atoms with E-state index in [2.05, 4.69) is 44.5 Å². The molecule has 1 aromatic carbocycles. The Balaban J connectivity index is 1.53. The summed E-state index contributed by atoms with van der Waals surface area (Å²) in [6, 6.07) is 8.94. The topological polar surface area (TPSA) is 57.3 Å². The van der Waals surface area contributed by atoms with Gasteiger partial charge >= 0.3 is 0 Å². The van der Waals surface area contributed by atoms with Crippen molar-refractivity contribution in [2.75, 3.05) is 19.7 Å². The fourth-order valence-corrected chi connectivity index (χ4v) is 5.18. The van der Waals surface area contributed by atoms with E-state index in [0.29, 0.717) is 12.6 Å². The van der Waals surface area contributed by atoms with Crippen LogP contribution in [0.4, 0.5) is 0 Å². The number of para-hydroxylation sites is 1. The van der Waals surface area contributed by atoms with Crippen molar-refractivity contribution in [3.63, 3.8) is 0 Å². The van der Waals surface area contributed by atoms with Crippen molar-refractivity contribution >= 4 is 6.08 Å². The third-order valence-corrected chi connectivity index (χ3v) is 6.63. The maximum absolute atomic E-state index is 6.13. The number of piperidine rings is 1. The highest BCUT2D eigenvalue weighted by molar-refractivity contribution is 5.63. The largest absolute Gasteiger partial charge is 0.488 e. The Morgan fingerprint density at radius 3 is 2.64 bits per heavy atom. The van der Waals surface area contributed by atoms with Gasteiger partial charge in [-0.3, -0.25) is 0 Å². The molecule has 2 aromatic rings. The van der Waals surface area contributed by atoms with Crippen molar-refractivity contribution in [2.45, 2.75) is 63.5 Å². The van der Waals surface area contributed by atoms with Crippen molar-refractivity contribution in [3.8, 4) is 5.75 Å². The average Bonchev–Trinajstić information content (AvgIpc) is 3.25. The van der Waals surface area contributed by atoms with Gasteiger partial charge in [0.15, 0.2) is 6.04 Å². The average molecular weight is 381 g/mol. The minimum Gasteiger partial charge on any atom is -0.488 e. The maximum Gasteiger partial charge on any atom is 0.214 e. The molecule has 0 unspecified atom stereocenters. The number of tetrazole rings is 1. The van der Waals surface area contributed by atoms with Crippen LogP contribution in [-0.4, -0.2) is 39.9 Å². The summed E-state index contributed by atoms with van der Waals surface area (Å²) in [6.07, 6.45) is 12.5. The molecule has 1 N–H and O–H groups in total. The molecule has 148 valence electrons. The number of benzene rings is 1. The first-order chi connectivity index (χ1) is 13.9. The third-order valence-electron chi connectivity index (χ3n) is 6.63. The van der Waals surface area contributed by atoms with Crippen LogP contribution >= 0.6 is 0 Å². The number of nitrogens with one attached hydrogen (secondary N) is 1. The van der Waals surface area contributed by atoms with Crippen molar-refractivity contribution in [1.82, 2.24) is 20.2 Å². The molecule has 1 atom stereocenters. The minimum absolute atomic E-state index is 0.186. The number of ether oxygens (including phenoxy) is 1. The summed E-state index contributed by atoms with van der Waals surface area (Å²) in [5.41, 5.74) is 2.48. The molecule has 28 heavy (non-hydrogen) atoms. The lowest BCUT2D eigenvalue weighted by Crippen LogP contribution is -3.13. The summed E-state index contributed by atoms with van der Waals surface area (Å²) in [5.74, 6) is 2.02. The van der Waals surface area contributed by atoms with Crippen molar-refractivity contribution < 1.29 is 9.64 Å². The number of likely N-dealkylation sites (tertiary alicyclic amines) is 1. The van der Waals surface area contributed by atoms with Crippen LogP contribution in [-0.2, 0) is 0 Å². The zero-order valence-electron chi connectivity index (χ0n) is 16.5. The molecule has 3 heterocycles. The summed E-state index contributed by atoms with van der Waals surface area (Å²) >= 11 is 0. The van der Waals surface area contributed by atoms with Crippen LogP contribution in [0.3, 0.4) is 0 Å². The molecule has 1 aromatic heterocycles. The lowest BCUT2D eigenvalue weighted by atomic mass is 9.94. The molecule has 0 spiro atoms. The highest BCUT2D eigenvalue weighted by atomic mass is 16.5. The Morgan fingerprint density at radius 1 is 1.00 bits per heavy atom. The van der Waals surface area contributed by atoms with Crippen LogP contribution in [0.1, 0.15) is 74.8 Å². The fraction of sp³-hybridized carbons (Fsp3) is 0.591. The van der Waals surface area contributed by atoms with E-state index in [1.54, 1.807) is 4.90 Å². The van der Waals surface area contributed by atoms with Crippen molar-refractivity contribution in [1.29, 1.82) is 0 Å². The summed E-state index contributed by atoms with van der Waals surface area (Å²) in [7, 11) is 0. The molecule has 2 fully saturated rings. The minimum atomic E-state index is 0.186. The van der Waals surface area contributed by atoms with Crippen LogP contribution in [0.2, 0.25) is 0 Å². The molecule has 6 heteroatoms. The first-order valence-electron chi connectivity index (χ1n) is 10.9. The molecule has 1 aliphatic carbocycles. The Bertz CT molecular complexity index is 833. The number of quaternary nitrogens is 1. The predicted molar refractivity (Wildman–Crippen MR) is 107 cm³/mol. The number of hydrogen-bond acceptors (Lipinski definition) is 4. The highest BCUT2D eigenvalue weighted by Crippen LogP contribution is 2.33. The van der Waals surface area contributed by atoms with Gasteiger partial charge in [0.25, 0.3) is 0 Å². The van der Waals surface area contributed by atoms with E-state index in [4.69, 9.17) is 4.74 Å². The van der Waals surface area contributed by atoms with Crippen LogP contribution in [0.5, 0.6) is 5.75 Å². The van der Waals surface area contributed by atoms with Gasteiger partial charge in [0.1, 0.15) is 12.4 Å². The second-order valence-corrected chi connectivity index (χ2v) is 8.47. The van der Waals surface area contributed by atoms with Crippen molar-refractivity contribution in [3.05, 3.63) is 41.2 Å². The standard InChI is InChI=1S/C22H29N5O/c1-3-10-19(11-4-1)27-22(23-24-25-27)21(26-13-7-2-8-14-26)18-15-17-9-5-6-12-20(17)28-16-18/h5-6,9,12,15,19,21H,1-4,7-8,10-11,13-14,16H2/p+1/t21-/m1/s1. The zero-order valence-corrected chi connectivity index (χ0v) is 16.5. The summed E-state index contributed by atoms with van der Waals surface area (Å²) in [4.78, 5) is 1.59. The van der Waals surface area contributed by atoms with Gasteiger partial charge < -0.3 is 9.64 Å². The first-order valence-corrected chi connectivity index (χ1v) is 10.9. The van der Waals surface area contributed by atoms with E-state index in [9.17, 15) is 0 Å². The smallest absolute Gasteiger partial charge is 0.214 e. The molecular weight excluding hydrogens is 350 g/mol. The van der Waals surface area contributed by atoms with E-state index in [-0.39, 0.29) is 6.04 Å². The lowest BCUT2D eigenvalue weighted by molar-refractivity contribution is -0.931. The SMILES string of the molecule is C1=C([C@H](c2nnnn2C2CCCCC2)[NH+]2CCCCC2)COc2ccccc21. The van der Waals surface area contributed by atoms with E-state index >= 15 is 0 Å². The zero-order chi connectivity index (χ0) is 18.8. The number of hydrogen-bond donors (Lipinski definition) is 1. The van der Waals surface area contributed by atoms with Crippen LogP contribution < -0.4 is 9.64 Å². The Kier molecular flexibility index (Phi) is 5.12. The molecule has 0 radical (unpaired) electrons. The molecule has 3 aliphatic rings. The Hall–Kier alpha value is -2.21. The van der Waals surface area contributed by atoms with Gasteiger partial charge in [-0.2, -0.15) is 0 Å². The van der Waals surface area contributed by atoms with Gasteiger partial charge in [-0.25, -0.2) is 4.68 Å². The predicted octanol–water partition coefficient (Wildman–Crippen LogP) is 2.76. The molecule has 6 nitrogen and oxygen atoms in total. The van der Waals surface area contributed by atoms with E-state index in [0.717, 1.165) is 11.6 Å². The molecule has 0 amide bonds. The number of aromatic nitrogens is 4. The first kappa shape index (κ1) is 17.9. The second-order valence-electron chi connectivity index (χ2n) is 8.47. The van der Waals surface area contributed by atoms with Crippen LogP contribution in [0.25, 0.3) is 6.08 Å². The van der Waals surface area contributed by atoms with Crippen LogP contribution in [0.15, 0.2) is 29.8 Å². The van der Waals surface area contributed by atoms with E-state index < -0.39 is 0 Å². The molecule has 0 bridgehead atoms. The highest BCUT2D eigenvalue weighted by Gasteiger charge is 2.37. The van der Waals surface area contributed by atoms with E-state index in [1.807, 2.05) is 6.07 Å². The Morgan fingerprint density at radius 2 is 1.79 bits per heavy atom. The van der Waals surface area contributed by atoms with Gasteiger partial charge in [0.05, 0.1) is 19.1 Å². The van der Waals surface area contributed by atoms with Gasteiger partial charge in [-0.1, -0.05) is 37.5 Å². The lowest BCUT2D eigenvalue weighted by Gasteiger charge is -2.34. The molecule has 1 saturated carbocycles. The quantitative estimate of drug-likeness (QED) is 0.886. The monoisotopic (exact) mass is 380 g/mol. The maximum atomic E-state index is 6.13. The number of nitrogens with zero attached hydrogens (tertiary/aromatic N) is 4. The summed E-state index contributed by atoms with van der Waals surface area (Å²) in [6.45, 7) is 2.99. The van der Waals surface area contributed by atoms with Gasteiger partial charge in [-0.15, -0.1) is 5.10 Å². The van der Waals surface area contributed by atoms with Crippen molar-refractivity contribution in [2.24, 2.45) is 0 Å². The van der Waals surface area contributed by atoms with Crippen LogP contribution in [0, 0.1) is 0 Å². The second kappa shape index (κ2) is 8.03. The Labute approximate surface area is 166 Å². The number of rotatable bonds is 4. The third kappa shape index (κ3) is 3.46. The van der Waals surface area contributed by atoms with Gasteiger partial charge in [0, 0.05) is 11.1 Å². The van der Waals surface area contributed by atoms with Gasteiger partial charge in [0.2, 0.25) is 5.82 Å². The van der Waals surface area contributed by atoms with Gasteiger partial charge in [-0.05, 0) is 54.7 Å².